The van der Waals surface area contributed by atoms with Crippen LogP contribution >= 0.6 is 0 Å². The van der Waals surface area contributed by atoms with Crippen LogP contribution in [0, 0.1) is 0 Å². The molecule has 20 heavy (non-hydrogen) atoms. The molecule has 1 aliphatic heterocycles. The molecular weight excluding hydrogens is 252 g/mol. The smallest absolute Gasteiger partial charge is 0.121 e. The van der Waals surface area contributed by atoms with Crippen molar-refractivity contribution in [2.75, 3.05) is 7.11 Å². The van der Waals surface area contributed by atoms with Gasteiger partial charge in [-0.25, -0.2) is 0 Å². The molecule has 1 heterocycles. The third-order valence-corrected chi connectivity index (χ3v) is 3.47. The number of rotatable bonds is 3. The van der Waals surface area contributed by atoms with Gasteiger partial charge in [0, 0.05) is 12.0 Å². The van der Waals surface area contributed by atoms with E-state index < -0.39 is 0 Å². The van der Waals surface area contributed by atoms with Crippen molar-refractivity contribution >= 4 is 5.71 Å². The van der Waals surface area contributed by atoms with E-state index in [0.29, 0.717) is 0 Å². The lowest BCUT2D eigenvalue weighted by Crippen LogP contribution is -2.10. The highest BCUT2D eigenvalue weighted by molar-refractivity contribution is 6.01. The Labute approximate surface area is 117 Å². The summed E-state index contributed by atoms with van der Waals surface area (Å²) in [4.78, 5) is 0. The third kappa shape index (κ3) is 2.32. The second-order valence-electron chi connectivity index (χ2n) is 4.74. The van der Waals surface area contributed by atoms with E-state index in [1.165, 1.54) is 0 Å². The quantitative estimate of drug-likeness (QED) is 0.900. The minimum atomic E-state index is -0.0275. The van der Waals surface area contributed by atoms with Crippen molar-refractivity contribution in [3.8, 4) is 11.5 Å². The molecule has 0 saturated heterocycles. The molecule has 2 aromatic rings. The number of nitrogens with zero attached hydrogens (tertiary/aromatic N) is 1. The molecule has 4 nitrogen and oxygen atoms in total. The van der Waals surface area contributed by atoms with E-state index in [2.05, 4.69) is 10.5 Å². The first-order chi connectivity index (χ1) is 9.78. The topological polar surface area (TPSA) is 53.9 Å². The normalized spacial score (nSPS) is 17.4. The maximum Gasteiger partial charge on any atom is 0.121 e. The van der Waals surface area contributed by atoms with Gasteiger partial charge in [0.25, 0.3) is 0 Å². The van der Waals surface area contributed by atoms with Gasteiger partial charge in [0.05, 0.1) is 18.9 Å². The fourth-order valence-electron chi connectivity index (χ4n) is 2.37. The predicted molar refractivity (Wildman–Crippen MR) is 78.1 cm³/mol. The fourth-order valence-corrected chi connectivity index (χ4v) is 2.37. The Hall–Kier alpha value is -2.49. The maximum atomic E-state index is 10.0. The van der Waals surface area contributed by atoms with Crippen molar-refractivity contribution in [3.05, 3.63) is 59.7 Å². The largest absolute Gasteiger partial charge is 0.508 e. The Morgan fingerprint density at radius 3 is 2.75 bits per heavy atom. The lowest BCUT2D eigenvalue weighted by atomic mass is 9.98. The molecule has 0 aliphatic carbocycles. The molecule has 1 aliphatic rings. The van der Waals surface area contributed by atoms with E-state index in [9.17, 15) is 5.11 Å². The molecule has 0 unspecified atom stereocenters. The van der Waals surface area contributed by atoms with Crippen molar-refractivity contribution in [2.45, 2.75) is 12.5 Å². The number of ether oxygens (including phenoxy) is 1. The van der Waals surface area contributed by atoms with Gasteiger partial charge in [-0.15, -0.1) is 0 Å². The molecule has 0 radical (unpaired) electrons. The number of hydrazone groups is 1. The van der Waals surface area contributed by atoms with Crippen LogP contribution < -0.4 is 10.2 Å². The molecule has 0 amide bonds. The van der Waals surface area contributed by atoms with Crippen molar-refractivity contribution in [1.29, 1.82) is 0 Å². The van der Waals surface area contributed by atoms with Gasteiger partial charge in [0.2, 0.25) is 0 Å². The standard InChI is InChI=1S/C16H16N2O2/c1-20-12-7-8-16(19)13(9-12)15-10-14(17-18-15)11-5-3-2-4-6-11/h2-9,15,18-19H,10H2,1H3/t15-/m0/s1. The lowest BCUT2D eigenvalue weighted by Gasteiger charge is -2.13. The number of phenols is 1. The lowest BCUT2D eigenvalue weighted by molar-refractivity contribution is 0.408. The van der Waals surface area contributed by atoms with Gasteiger partial charge in [-0.3, -0.25) is 0 Å². The fraction of sp³-hybridized carbons (Fsp3) is 0.188. The summed E-state index contributed by atoms with van der Waals surface area (Å²) in [5.41, 5.74) is 5.99. The minimum Gasteiger partial charge on any atom is -0.508 e. The molecule has 0 bridgehead atoms. The summed E-state index contributed by atoms with van der Waals surface area (Å²) in [7, 11) is 1.62. The summed E-state index contributed by atoms with van der Waals surface area (Å²) in [5.74, 6) is 0.987. The predicted octanol–water partition coefficient (Wildman–Crippen LogP) is 2.84. The van der Waals surface area contributed by atoms with Crippen LogP contribution in [-0.4, -0.2) is 17.9 Å². The first-order valence-electron chi connectivity index (χ1n) is 6.52. The van der Waals surface area contributed by atoms with Gasteiger partial charge in [0.15, 0.2) is 0 Å². The van der Waals surface area contributed by atoms with Crippen LogP contribution in [0.1, 0.15) is 23.6 Å². The van der Waals surface area contributed by atoms with Crippen molar-refractivity contribution < 1.29 is 9.84 Å². The van der Waals surface area contributed by atoms with Crippen LogP contribution in [-0.2, 0) is 0 Å². The van der Waals surface area contributed by atoms with Crippen LogP contribution in [0.25, 0.3) is 0 Å². The molecule has 102 valence electrons. The average molecular weight is 268 g/mol. The van der Waals surface area contributed by atoms with Gasteiger partial charge in [-0.2, -0.15) is 5.10 Å². The van der Waals surface area contributed by atoms with Crippen LogP contribution in [0.2, 0.25) is 0 Å². The van der Waals surface area contributed by atoms with Crippen molar-refractivity contribution in [2.24, 2.45) is 5.10 Å². The zero-order valence-electron chi connectivity index (χ0n) is 11.2. The average Bonchev–Trinajstić information content (AvgIpc) is 2.98. The summed E-state index contributed by atoms with van der Waals surface area (Å²) in [6, 6.07) is 15.3. The van der Waals surface area contributed by atoms with Crippen molar-refractivity contribution in [1.82, 2.24) is 5.43 Å². The van der Waals surface area contributed by atoms with E-state index >= 15 is 0 Å². The van der Waals surface area contributed by atoms with Gasteiger partial charge in [-0.1, -0.05) is 30.3 Å². The minimum absolute atomic E-state index is 0.0275. The van der Waals surface area contributed by atoms with Gasteiger partial charge in [0.1, 0.15) is 11.5 Å². The van der Waals surface area contributed by atoms with Gasteiger partial charge in [-0.05, 0) is 23.8 Å². The van der Waals surface area contributed by atoms with E-state index in [1.54, 1.807) is 19.2 Å². The second-order valence-corrected chi connectivity index (χ2v) is 4.74. The first-order valence-corrected chi connectivity index (χ1v) is 6.52. The highest BCUT2D eigenvalue weighted by atomic mass is 16.5. The Morgan fingerprint density at radius 2 is 2.00 bits per heavy atom. The molecule has 0 fully saturated rings. The summed E-state index contributed by atoms with van der Waals surface area (Å²) < 4.78 is 5.20. The highest BCUT2D eigenvalue weighted by Gasteiger charge is 2.23. The summed E-state index contributed by atoms with van der Waals surface area (Å²) >= 11 is 0. The molecule has 0 spiro atoms. The Morgan fingerprint density at radius 1 is 1.20 bits per heavy atom. The molecular formula is C16H16N2O2. The van der Waals surface area contributed by atoms with Crippen LogP contribution in [0.3, 0.4) is 0 Å². The number of benzene rings is 2. The molecule has 2 N–H and O–H groups in total. The summed E-state index contributed by atoms with van der Waals surface area (Å²) in [5, 5.41) is 14.4. The number of hydrogen-bond acceptors (Lipinski definition) is 4. The zero-order chi connectivity index (χ0) is 13.9. The first kappa shape index (κ1) is 12.5. The number of phenolic OH excluding ortho intramolecular Hbond substituents is 1. The summed E-state index contributed by atoms with van der Waals surface area (Å²) in [6.45, 7) is 0. The molecule has 4 heteroatoms. The van der Waals surface area contributed by atoms with E-state index in [0.717, 1.165) is 29.0 Å². The molecule has 1 atom stereocenters. The number of aromatic hydroxyl groups is 1. The number of nitrogens with one attached hydrogen (secondary N) is 1. The Balaban J connectivity index is 1.82. The molecule has 0 saturated carbocycles. The van der Waals surface area contributed by atoms with Crippen molar-refractivity contribution in [3.63, 3.8) is 0 Å². The van der Waals surface area contributed by atoms with Gasteiger partial charge < -0.3 is 15.3 Å². The van der Waals surface area contributed by atoms with E-state index in [1.807, 2.05) is 36.4 Å². The monoisotopic (exact) mass is 268 g/mol. The van der Waals surface area contributed by atoms with E-state index in [-0.39, 0.29) is 11.8 Å². The number of methoxy groups -OCH3 is 1. The van der Waals surface area contributed by atoms with E-state index in [4.69, 9.17) is 4.74 Å². The van der Waals surface area contributed by atoms with Gasteiger partial charge >= 0.3 is 0 Å². The molecule has 3 rings (SSSR count). The molecule has 2 aromatic carbocycles. The Kier molecular flexibility index (Phi) is 3.29. The second kappa shape index (κ2) is 5.25. The molecule has 0 aromatic heterocycles. The van der Waals surface area contributed by atoms with Crippen LogP contribution in [0.5, 0.6) is 11.5 Å². The maximum absolute atomic E-state index is 10.0. The third-order valence-electron chi connectivity index (χ3n) is 3.47. The SMILES string of the molecule is COc1ccc(O)c([C@@H]2CC(c3ccccc3)=NN2)c1. The van der Waals surface area contributed by atoms with Crippen LogP contribution in [0.4, 0.5) is 0 Å². The summed E-state index contributed by atoms with van der Waals surface area (Å²) in [6.07, 6.45) is 0.741. The highest BCUT2D eigenvalue weighted by Crippen LogP contribution is 2.33. The Bertz CT molecular complexity index is 638. The zero-order valence-corrected chi connectivity index (χ0v) is 11.2. The van der Waals surface area contributed by atoms with Crippen LogP contribution in [0.15, 0.2) is 53.6 Å². The number of hydrogen-bond donors (Lipinski definition) is 2.